The van der Waals surface area contributed by atoms with Gasteiger partial charge in [0.05, 0.1) is 44.6 Å². The number of benzene rings is 3. The number of amides is 3. The largest absolute Gasteiger partial charge is 0.467 e. The van der Waals surface area contributed by atoms with Gasteiger partial charge in [0, 0.05) is 48.5 Å². The molecule has 0 radical (unpaired) electrons. The molecule has 0 aliphatic heterocycles. The zero-order valence-corrected chi connectivity index (χ0v) is 42.6. The number of imidazole rings is 2. The molecule has 0 saturated carbocycles. The topological polar surface area (TPSA) is 202 Å². The van der Waals surface area contributed by atoms with Crippen LogP contribution in [0.25, 0.3) is 0 Å². The number of hydrogen-bond donors (Lipinski definition) is 6. The first-order valence-electron chi connectivity index (χ1n) is 25.4. The fourth-order valence-electron chi connectivity index (χ4n) is 9.68. The lowest BCUT2D eigenvalue weighted by molar-refractivity contribution is -0.145. The summed E-state index contributed by atoms with van der Waals surface area (Å²) in [7, 11) is 1.25. The van der Waals surface area contributed by atoms with Gasteiger partial charge in [-0.15, -0.1) is 0 Å². The van der Waals surface area contributed by atoms with E-state index >= 15 is 0 Å². The van der Waals surface area contributed by atoms with Crippen LogP contribution in [0.4, 0.5) is 0 Å². The number of aryl methyl sites for hydroxylation is 2. The van der Waals surface area contributed by atoms with Crippen molar-refractivity contribution in [2.75, 3.05) is 13.7 Å². The van der Waals surface area contributed by atoms with Gasteiger partial charge in [0.2, 0.25) is 17.7 Å². The molecule has 0 fully saturated rings. The van der Waals surface area contributed by atoms with E-state index in [0.717, 1.165) is 30.5 Å². The smallest absolute Gasteiger partial charge is 0.328 e. The second kappa shape index (κ2) is 26.9. The number of ether oxygens (including phenoxy) is 2. The van der Waals surface area contributed by atoms with Crippen LogP contribution in [-0.2, 0) is 67.7 Å². The van der Waals surface area contributed by atoms with Gasteiger partial charge in [-0.05, 0) is 84.2 Å². The van der Waals surface area contributed by atoms with Crippen molar-refractivity contribution >= 4 is 23.7 Å². The van der Waals surface area contributed by atoms with Crippen molar-refractivity contribution in [3.05, 3.63) is 143 Å². The fraction of sp³-hybridized carbons (Fsp3) is 0.500. The SMILES string of the molecule is CCC(C)C(NC(=O)C(CC(O)C(CC(C)C)NC(=O)C(Cc1cncn1COCc1ccccc1)NCCC1c2ccccc2CCc2ccccc21)C(C)C)C(=O)NC(Cc1cnc[nH]1)C(=O)OC. The molecule has 0 bridgehead atoms. The zero-order chi connectivity index (χ0) is 50.9. The number of nitrogens with zero attached hydrogens (tertiary/aromatic N) is 3. The molecule has 0 spiro atoms. The van der Waals surface area contributed by atoms with E-state index in [1.54, 1.807) is 18.7 Å². The van der Waals surface area contributed by atoms with Gasteiger partial charge in [-0.2, -0.15) is 0 Å². The van der Waals surface area contributed by atoms with Crippen LogP contribution in [0.5, 0.6) is 0 Å². The Bertz CT molecular complexity index is 2390. The molecule has 3 amide bonds. The summed E-state index contributed by atoms with van der Waals surface area (Å²) < 4.78 is 13.0. The summed E-state index contributed by atoms with van der Waals surface area (Å²) in [5, 5.41) is 24.8. The highest BCUT2D eigenvalue weighted by Gasteiger charge is 2.36. The number of aliphatic hydroxyl groups is 1. The fourth-order valence-corrected chi connectivity index (χ4v) is 9.68. The molecule has 2 aromatic heterocycles. The number of methoxy groups -OCH3 is 1. The number of carbonyl (C=O) groups is 4. The highest BCUT2D eigenvalue weighted by Crippen LogP contribution is 2.36. The Morgan fingerprint density at radius 2 is 1.46 bits per heavy atom. The molecular weight excluding hydrogens is 897 g/mol. The Morgan fingerprint density at radius 1 is 0.789 bits per heavy atom. The van der Waals surface area contributed by atoms with Crippen LogP contribution in [-0.4, -0.2) is 92.2 Å². The van der Waals surface area contributed by atoms with Crippen LogP contribution in [0.15, 0.2) is 104 Å². The van der Waals surface area contributed by atoms with Crippen LogP contribution >= 0.6 is 0 Å². The molecule has 0 saturated heterocycles. The van der Waals surface area contributed by atoms with Crippen LogP contribution in [0.3, 0.4) is 0 Å². The second-order valence-electron chi connectivity index (χ2n) is 19.9. The predicted octanol–water partition coefficient (Wildman–Crippen LogP) is 6.59. The van der Waals surface area contributed by atoms with Crippen molar-refractivity contribution in [3.63, 3.8) is 0 Å². The van der Waals surface area contributed by atoms with E-state index in [1.165, 1.54) is 35.7 Å². The minimum atomic E-state index is -1.11. The van der Waals surface area contributed by atoms with E-state index < -0.39 is 54.0 Å². The maximum absolute atomic E-state index is 14.8. The number of fused-ring (bicyclic) bond motifs is 2. The number of aliphatic hydroxyl groups excluding tert-OH is 1. The number of aromatic amines is 1. The first-order valence-corrected chi connectivity index (χ1v) is 25.4. The van der Waals surface area contributed by atoms with E-state index in [2.05, 4.69) is 84.8 Å². The van der Waals surface area contributed by atoms with Crippen molar-refractivity contribution in [1.82, 2.24) is 40.8 Å². The van der Waals surface area contributed by atoms with Crippen LogP contribution in [0.2, 0.25) is 0 Å². The summed E-state index contributed by atoms with van der Waals surface area (Å²) in [6.45, 7) is 12.9. The molecule has 1 aliphatic carbocycles. The predicted molar refractivity (Wildman–Crippen MR) is 274 cm³/mol. The Labute approximate surface area is 419 Å². The molecule has 71 heavy (non-hydrogen) atoms. The number of rotatable bonds is 27. The van der Waals surface area contributed by atoms with E-state index in [0.29, 0.717) is 38.1 Å². The van der Waals surface area contributed by atoms with Crippen LogP contribution in [0.1, 0.15) is 112 Å². The molecule has 3 aromatic carbocycles. The molecule has 7 atom stereocenters. The van der Waals surface area contributed by atoms with Crippen molar-refractivity contribution < 1.29 is 33.8 Å². The first-order chi connectivity index (χ1) is 34.3. The normalized spacial score (nSPS) is 15.6. The van der Waals surface area contributed by atoms with Gasteiger partial charge in [0.15, 0.2) is 0 Å². The number of nitrogens with one attached hydrogen (secondary N) is 5. The average Bonchev–Trinajstić information content (AvgIpc) is 4.03. The summed E-state index contributed by atoms with van der Waals surface area (Å²) in [6, 6.07) is 23.9. The number of aromatic nitrogens is 4. The third kappa shape index (κ3) is 15.4. The van der Waals surface area contributed by atoms with Gasteiger partial charge in [0.1, 0.15) is 18.8 Å². The van der Waals surface area contributed by atoms with Gasteiger partial charge in [-0.3, -0.25) is 14.4 Å². The molecule has 382 valence electrons. The minimum Gasteiger partial charge on any atom is -0.467 e. The lowest BCUT2D eigenvalue weighted by atomic mass is 9.84. The first kappa shape index (κ1) is 54.2. The molecule has 2 heterocycles. The highest BCUT2D eigenvalue weighted by molar-refractivity contribution is 5.91. The third-order valence-electron chi connectivity index (χ3n) is 13.9. The van der Waals surface area contributed by atoms with E-state index in [4.69, 9.17) is 9.47 Å². The lowest BCUT2D eigenvalue weighted by Crippen LogP contribution is -2.56. The molecule has 7 unspecified atom stereocenters. The standard InChI is InChI=1S/C56H76N8O7/c1-8-38(6)52(55(68)62-50(56(69)70-7)27-42-30-57-33-60-42)63-53(66)47(37(4)5)29-51(65)48(26-36(2)3)61-54(67)49(28-43-31-58-34-64(43)35-71-32-39-16-10-9-11-17-39)59-25-24-46-44-20-14-12-18-40(44)22-23-41-19-13-15-21-45(41)46/h9-21,30-31,33-34,36-38,46-52,59,65H,8,22-29,32,35H2,1-7H3,(H,57,60)(H,61,67)(H,62,68)(H,63,66). The van der Waals surface area contributed by atoms with Gasteiger partial charge in [0.25, 0.3) is 0 Å². The quantitative estimate of drug-likeness (QED) is 0.0312. The molecular formula is C56H76N8O7. The summed E-state index contributed by atoms with van der Waals surface area (Å²) >= 11 is 0. The zero-order valence-electron chi connectivity index (χ0n) is 42.6. The highest BCUT2D eigenvalue weighted by atomic mass is 16.5. The van der Waals surface area contributed by atoms with E-state index in [-0.39, 0.29) is 49.2 Å². The molecule has 15 heteroatoms. The maximum Gasteiger partial charge on any atom is 0.328 e. The van der Waals surface area contributed by atoms with Gasteiger partial charge in [-0.1, -0.05) is 127 Å². The minimum absolute atomic E-state index is 0.0325. The Morgan fingerprint density at radius 3 is 2.08 bits per heavy atom. The monoisotopic (exact) mass is 973 g/mol. The Hall–Kier alpha value is -6.16. The summed E-state index contributed by atoms with van der Waals surface area (Å²) in [4.78, 5) is 67.3. The number of H-pyrrole nitrogens is 1. The Balaban J connectivity index is 1.19. The molecule has 6 N–H and O–H groups in total. The number of carbonyl (C=O) groups excluding carboxylic acids is 4. The van der Waals surface area contributed by atoms with E-state index in [1.807, 2.05) is 76.4 Å². The van der Waals surface area contributed by atoms with Crippen molar-refractivity contribution in [2.24, 2.45) is 23.7 Å². The third-order valence-corrected chi connectivity index (χ3v) is 13.9. The van der Waals surface area contributed by atoms with Crippen LogP contribution < -0.4 is 21.3 Å². The molecule has 15 nitrogen and oxygen atoms in total. The number of esters is 1. The molecule has 5 aromatic rings. The Kier molecular flexibility index (Phi) is 20.5. The molecule has 6 rings (SSSR count). The van der Waals surface area contributed by atoms with E-state index in [9.17, 15) is 24.3 Å². The van der Waals surface area contributed by atoms with Crippen LogP contribution in [0, 0.1) is 23.7 Å². The summed E-state index contributed by atoms with van der Waals surface area (Å²) in [6.07, 6.45) is 9.59. The van der Waals surface area contributed by atoms with Crippen molar-refractivity contribution in [2.45, 2.75) is 142 Å². The summed E-state index contributed by atoms with van der Waals surface area (Å²) in [5.74, 6) is -2.85. The number of hydrogen-bond acceptors (Lipinski definition) is 10. The van der Waals surface area contributed by atoms with Crippen molar-refractivity contribution in [1.29, 1.82) is 0 Å². The lowest BCUT2D eigenvalue weighted by Gasteiger charge is -2.32. The molecule has 1 aliphatic rings. The van der Waals surface area contributed by atoms with Gasteiger partial charge < -0.3 is 45.4 Å². The second-order valence-corrected chi connectivity index (χ2v) is 19.9. The van der Waals surface area contributed by atoms with Crippen molar-refractivity contribution in [3.8, 4) is 0 Å². The average molecular weight is 973 g/mol. The van der Waals surface area contributed by atoms with Gasteiger partial charge >= 0.3 is 5.97 Å². The van der Waals surface area contributed by atoms with Gasteiger partial charge in [-0.25, -0.2) is 14.8 Å². The summed E-state index contributed by atoms with van der Waals surface area (Å²) in [5.41, 5.74) is 7.80. The maximum atomic E-state index is 14.8.